The summed E-state index contributed by atoms with van der Waals surface area (Å²) in [6.07, 6.45) is 4.32. The topological polar surface area (TPSA) is 68.7 Å². The van der Waals surface area contributed by atoms with Crippen molar-refractivity contribution in [3.05, 3.63) is 34.3 Å². The van der Waals surface area contributed by atoms with Crippen molar-refractivity contribution in [1.82, 2.24) is 4.98 Å². The van der Waals surface area contributed by atoms with Crippen molar-refractivity contribution < 1.29 is 19.1 Å². The summed E-state index contributed by atoms with van der Waals surface area (Å²) in [6, 6.07) is 6.07. The number of anilines is 1. The molecule has 1 amide bonds. The summed E-state index contributed by atoms with van der Waals surface area (Å²) in [7, 11) is 0. The molecule has 7 heteroatoms. The van der Waals surface area contributed by atoms with Gasteiger partial charge >= 0.3 is 12.1 Å². The van der Waals surface area contributed by atoms with Crippen LogP contribution in [0.5, 0.6) is 0 Å². The molecule has 0 atom stereocenters. The van der Waals surface area contributed by atoms with Crippen LogP contribution in [0.15, 0.2) is 18.2 Å². The highest BCUT2D eigenvalue weighted by Gasteiger charge is 2.28. The Morgan fingerprint density at radius 1 is 1.18 bits per heavy atom. The van der Waals surface area contributed by atoms with E-state index in [9.17, 15) is 9.59 Å². The Morgan fingerprint density at radius 3 is 2.55 bits per heavy atom. The van der Waals surface area contributed by atoms with Gasteiger partial charge in [0, 0.05) is 17.0 Å². The highest BCUT2D eigenvalue weighted by molar-refractivity contribution is 7.15. The van der Waals surface area contributed by atoms with Crippen molar-refractivity contribution in [3.63, 3.8) is 0 Å². The van der Waals surface area contributed by atoms with E-state index in [0.717, 1.165) is 58.8 Å². The number of carbonyl (C=O) groups is 2. The number of hydrogen-bond acceptors (Lipinski definition) is 6. The second-order valence-electron chi connectivity index (χ2n) is 8.69. The van der Waals surface area contributed by atoms with Gasteiger partial charge in [-0.25, -0.2) is 14.6 Å². The molecule has 1 aliphatic rings. The van der Waals surface area contributed by atoms with Gasteiger partial charge in [-0.3, -0.25) is 4.90 Å². The van der Waals surface area contributed by atoms with Gasteiger partial charge in [-0.05, 0) is 65.0 Å². The van der Waals surface area contributed by atoms with Crippen molar-refractivity contribution in [3.8, 4) is 10.6 Å². The first-order valence-electron chi connectivity index (χ1n) is 12.0. The van der Waals surface area contributed by atoms with Gasteiger partial charge in [-0.2, -0.15) is 0 Å². The molecule has 33 heavy (non-hydrogen) atoms. The summed E-state index contributed by atoms with van der Waals surface area (Å²) in [6.45, 7) is 14.5. The number of fused-ring (bicyclic) bond motifs is 1. The molecule has 0 radical (unpaired) electrons. The van der Waals surface area contributed by atoms with Crippen molar-refractivity contribution in [2.24, 2.45) is 0 Å². The summed E-state index contributed by atoms with van der Waals surface area (Å²) in [5.41, 5.74) is 2.74. The number of thiazole rings is 1. The number of esters is 1. The average molecular weight is 475 g/mol. The number of ether oxygens (including phenoxy) is 2. The van der Waals surface area contributed by atoms with E-state index in [0.29, 0.717) is 18.8 Å². The molecule has 0 aliphatic carbocycles. The first kappa shape index (κ1) is 26.8. The largest absolute Gasteiger partial charge is 0.461 e. The van der Waals surface area contributed by atoms with Crippen LogP contribution in [0.1, 0.15) is 88.7 Å². The normalized spacial score (nSPS) is 13.0. The second-order valence-corrected chi connectivity index (χ2v) is 9.78. The maximum Gasteiger partial charge on any atom is 0.414 e. The van der Waals surface area contributed by atoms with Gasteiger partial charge in [0.15, 0.2) is 5.69 Å². The lowest BCUT2D eigenvalue weighted by Crippen LogP contribution is -2.39. The molecule has 182 valence electrons. The van der Waals surface area contributed by atoms with Crippen LogP contribution in [0.4, 0.5) is 10.5 Å². The predicted octanol–water partition coefficient (Wildman–Crippen LogP) is 7.04. The van der Waals surface area contributed by atoms with Gasteiger partial charge in [0.05, 0.1) is 12.3 Å². The summed E-state index contributed by atoms with van der Waals surface area (Å²) < 4.78 is 10.8. The van der Waals surface area contributed by atoms with Crippen molar-refractivity contribution in [2.45, 2.75) is 86.2 Å². The first-order chi connectivity index (χ1) is 15.7. The highest BCUT2D eigenvalue weighted by atomic mass is 32.1. The number of amides is 1. The summed E-state index contributed by atoms with van der Waals surface area (Å²) >= 11 is 1.53. The van der Waals surface area contributed by atoms with Crippen LogP contribution < -0.4 is 4.90 Å². The zero-order valence-corrected chi connectivity index (χ0v) is 21.9. The van der Waals surface area contributed by atoms with E-state index in [4.69, 9.17) is 9.47 Å². The third-order valence-corrected chi connectivity index (χ3v) is 6.15. The summed E-state index contributed by atoms with van der Waals surface area (Å²) in [5.74, 6) is -0.371. The molecule has 2 heterocycles. The Balaban J connectivity index is 0.00000187. The van der Waals surface area contributed by atoms with Gasteiger partial charge in [0.1, 0.15) is 10.6 Å². The quantitative estimate of drug-likeness (QED) is 0.420. The van der Waals surface area contributed by atoms with E-state index < -0.39 is 5.60 Å². The molecule has 0 unspecified atom stereocenters. The van der Waals surface area contributed by atoms with Gasteiger partial charge in [-0.15, -0.1) is 11.3 Å². The fourth-order valence-electron chi connectivity index (χ4n) is 3.56. The van der Waals surface area contributed by atoms with Gasteiger partial charge in [0.25, 0.3) is 0 Å². The molecule has 1 aliphatic heterocycles. The molecule has 0 saturated carbocycles. The standard InChI is InChI=1S/C24H32N2O4S.C2H6/c1-6-8-11-19-20(22(27)29-7-2)25-21(31-19)17-13-12-16-10-9-14-26(18(16)15-17)23(28)30-24(3,4)5;1-2/h12-13,15H,6-11,14H2,1-5H3;1-2H3. The Morgan fingerprint density at radius 2 is 1.91 bits per heavy atom. The van der Waals surface area contributed by atoms with Crippen molar-refractivity contribution in [1.29, 1.82) is 0 Å². The molecule has 6 nitrogen and oxygen atoms in total. The average Bonchev–Trinajstić information content (AvgIpc) is 3.21. The molecule has 2 aromatic rings. The van der Waals surface area contributed by atoms with Gasteiger partial charge in [-0.1, -0.05) is 39.3 Å². The van der Waals surface area contributed by atoms with E-state index in [1.54, 1.807) is 11.8 Å². The second kappa shape index (κ2) is 12.2. The lowest BCUT2D eigenvalue weighted by atomic mass is 10.00. The third-order valence-electron chi connectivity index (χ3n) is 4.99. The van der Waals surface area contributed by atoms with Crippen molar-refractivity contribution >= 4 is 29.1 Å². The maximum atomic E-state index is 12.8. The van der Waals surface area contributed by atoms with Gasteiger partial charge < -0.3 is 9.47 Å². The number of aromatic nitrogens is 1. The zero-order valence-electron chi connectivity index (χ0n) is 21.1. The number of carbonyl (C=O) groups excluding carboxylic acids is 2. The SMILES string of the molecule is CC.CCCCc1sc(-c2ccc3c(c2)N(C(=O)OC(C)(C)C)CCC3)nc1C(=O)OCC. The fraction of sp³-hybridized carbons (Fsp3) is 0.577. The molecule has 0 saturated heterocycles. The van der Waals surface area contributed by atoms with E-state index in [-0.39, 0.29) is 12.1 Å². The van der Waals surface area contributed by atoms with Crippen molar-refractivity contribution in [2.75, 3.05) is 18.1 Å². The molecule has 0 N–H and O–H groups in total. The van der Waals surface area contributed by atoms with E-state index in [1.807, 2.05) is 46.8 Å². The number of unbranched alkanes of at least 4 members (excludes halogenated alkanes) is 1. The predicted molar refractivity (Wildman–Crippen MR) is 135 cm³/mol. The minimum Gasteiger partial charge on any atom is -0.461 e. The van der Waals surface area contributed by atoms with Crippen LogP contribution in [0.25, 0.3) is 10.6 Å². The fourth-order valence-corrected chi connectivity index (χ4v) is 4.64. The molecular weight excluding hydrogens is 436 g/mol. The van der Waals surface area contributed by atoms with E-state index >= 15 is 0 Å². The molecule has 3 rings (SSSR count). The number of rotatable bonds is 6. The molecule has 0 fully saturated rings. The van der Waals surface area contributed by atoms with Crippen LogP contribution in [-0.2, 0) is 22.3 Å². The molecule has 1 aromatic heterocycles. The Labute approximate surface area is 202 Å². The van der Waals surface area contributed by atoms with E-state index in [2.05, 4.69) is 18.0 Å². The number of nitrogens with zero attached hydrogens (tertiary/aromatic N) is 2. The summed E-state index contributed by atoms with van der Waals surface area (Å²) in [5, 5.41) is 0.770. The first-order valence-corrected chi connectivity index (χ1v) is 12.9. The van der Waals surface area contributed by atoms with Crippen LogP contribution in [0, 0.1) is 0 Å². The smallest absolute Gasteiger partial charge is 0.414 e. The van der Waals surface area contributed by atoms with E-state index in [1.165, 1.54) is 11.3 Å². The van der Waals surface area contributed by atoms with Gasteiger partial charge in [0.2, 0.25) is 0 Å². The Kier molecular flexibility index (Phi) is 9.89. The Bertz CT molecular complexity index is 946. The molecule has 1 aromatic carbocycles. The lowest BCUT2D eigenvalue weighted by molar-refractivity contribution is 0.0517. The van der Waals surface area contributed by atoms with Crippen LogP contribution in [-0.4, -0.2) is 35.8 Å². The highest BCUT2D eigenvalue weighted by Crippen LogP contribution is 2.36. The maximum absolute atomic E-state index is 12.8. The lowest BCUT2D eigenvalue weighted by Gasteiger charge is -2.32. The minimum absolute atomic E-state index is 0.322. The minimum atomic E-state index is -0.551. The zero-order chi connectivity index (χ0) is 24.6. The van der Waals surface area contributed by atoms with Crippen LogP contribution in [0.3, 0.4) is 0 Å². The third kappa shape index (κ3) is 7.03. The number of benzene rings is 1. The summed E-state index contributed by atoms with van der Waals surface area (Å²) in [4.78, 5) is 32.5. The molecule has 0 spiro atoms. The monoisotopic (exact) mass is 474 g/mol. The van der Waals surface area contributed by atoms with Crippen LogP contribution >= 0.6 is 11.3 Å². The number of hydrogen-bond donors (Lipinski definition) is 0. The molecular formula is C26H38N2O4S. The number of aryl methyl sites for hydroxylation is 2. The molecule has 0 bridgehead atoms. The Hall–Kier alpha value is -2.41. The van der Waals surface area contributed by atoms with Crippen LogP contribution in [0.2, 0.25) is 0 Å².